The Hall–Kier alpha value is -2.58. The topological polar surface area (TPSA) is 62.1 Å². The quantitative estimate of drug-likeness (QED) is 0.644. The van der Waals surface area contributed by atoms with Crippen molar-refractivity contribution in [2.24, 2.45) is 0 Å². The number of ether oxygens (including phenoxy) is 1. The average molecular weight is 371 g/mol. The second kappa shape index (κ2) is 7.61. The summed E-state index contributed by atoms with van der Waals surface area (Å²) in [6, 6.07) is 14.7. The highest BCUT2D eigenvalue weighted by molar-refractivity contribution is 9.10. The van der Waals surface area contributed by atoms with Crippen molar-refractivity contribution in [3.63, 3.8) is 0 Å². The number of carbonyl (C=O) groups excluding carboxylic acids is 1. The molecule has 2 aromatic rings. The van der Waals surface area contributed by atoms with Gasteiger partial charge >= 0.3 is 0 Å². The Morgan fingerprint density at radius 1 is 1.30 bits per heavy atom. The van der Waals surface area contributed by atoms with Crippen LogP contribution < -0.4 is 10.1 Å². The summed E-state index contributed by atoms with van der Waals surface area (Å²) in [7, 11) is 1.58. The highest BCUT2D eigenvalue weighted by atomic mass is 79.9. The van der Waals surface area contributed by atoms with Gasteiger partial charge in [0.05, 0.1) is 11.6 Å². The van der Waals surface area contributed by atoms with Crippen LogP contribution >= 0.6 is 15.9 Å². The molecule has 0 spiro atoms. The van der Waals surface area contributed by atoms with Crippen molar-refractivity contribution in [2.75, 3.05) is 12.4 Å². The number of benzene rings is 2. The molecule has 116 valence electrons. The van der Waals surface area contributed by atoms with Crippen molar-refractivity contribution in [3.05, 3.63) is 63.6 Å². The third-order valence-corrected chi connectivity index (χ3v) is 3.75. The highest BCUT2D eigenvalue weighted by Crippen LogP contribution is 2.26. The molecule has 4 nitrogen and oxygen atoms in total. The van der Waals surface area contributed by atoms with Crippen LogP contribution in [0, 0.1) is 18.3 Å². The van der Waals surface area contributed by atoms with Crippen LogP contribution in [0.25, 0.3) is 6.08 Å². The minimum atomic E-state index is -0.440. The third kappa shape index (κ3) is 4.44. The maximum absolute atomic E-state index is 12.2. The van der Waals surface area contributed by atoms with Crippen molar-refractivity contribution in [3.8, 4) is 11.8 Å². The standard InChI is InChI=1S/C18H15BrN2O2/c1-12-4-3-5-15(8-12)21-18(22)14(11-20)9-13-6-7-17(23-2)16(19)10-13/h3-10H,1-2H3,(H,21,22)/b14-9+. The Balaban J connectivity index is 2.23. The molecule has 0 saturated carbocycles. The molecule has 0 unspecified atom stereocenters. The van der Waals surface area contributed by atoms with Crippen molar-refractivity contribution in [1.29, 1.82) is 5.26 Å². The largest absolute Gasteiger partial charge is 0.496 e. The van der Waals surface area contributed by atoms with Gasteiger partial charge < -0.3 is 10.1 Å². The Morgan fingerprint density at radius 2 is 2.09 bits per heavy atom. The summed E-state index contributed by atoms with van der Waals surface area (Å²) in [5, 5.41) is 12.0. The van der Waals surface area contributed by atoms with Gasteiger partial charge in [0.1, 0.15) is 17.4 Å². The zero-order valence-corrected chi connectivity index (χ0v) is 14.3. The summed E-state index contributed by atoms with van der Waals surface area (Å²) < 4.78 is 5.91. The normalized spacial score (nSPS) is 10.8. The number of nitrogens with one attached hydrogen (secondary N) is 1. The van der Waals surface area contributed by atoms with E-state index in [0.717, 1.165) is 15.6 Å². The van der Waals surface area contributed by atoms with Gasteiger partial charge in [0.2, 0.25) is 0 Å². The van der Waals surface area contributed by atoms with Gasteiger partial charge in [0.25, 0.3) is 5.91 Å². The number of carbonyl (C=O) groups is 1. The lowest BCUT2D eigenvalue weighted by Gasteiger charge is -2.06. The van der Waals surface area contributed by atoms with Crippen molar-refractivity contribution in [1.82, 2.24) is 0 Å². The lowest BCUT2D eigenvalue weighted by atomic mass is 10.1. The van der Waals surface area contributed by atoms with Gasteiger partial charge in [0.15, 0.2) is 0 Å². The summed E-state index contributed by atoms with van der Waals surface area (Å²) in [5.41, 5.74) is 2.45. The Labute approximate surface area is 143 Å². The second-order valence-electron chi connectivity index (χ2n) is 4.89. The van der Waals surface area contributed by atoms with E-state index in [4.69, 9.17) is 4.74 Å². The van der Waals surface area contributed by atoms with Gasteiger partial charge in [-0.3, -0.25) is 4.79 Å². The number of anilines is 1. The van der Waals surface area contributed by atoms with E-state index >= 15 is 0 Å². The third-order valence-electron chi connectivity index (χ3n) is 3.13. The maximum atomic E-state index is 12.2. The van der Waals surface area contributed by atoms with E-state index in [2.05, 4.69) is 21.2 Å². The summed E-state index contributed by atoms with van der Waals surface area (Å²) in [6.45, 7) is 1.94. The fourth-order valence-electron chi connectivity index (χ4n) is 2.01. The smallest absolute Gasteiger partial charge is 0.266 e. The Kier molecular flexibility index (Phi) is 5.56. The summed E-state index contributed by atoms with van der Waals surface area (Å²) >= 11 is 3.38. The number of amides is 1. The molecule has 2 aromatic carbocycles. The predicted octanol–water partition coefficient (Wildman–Crippen LogP) is 4.31. The number of aryl methyl sites for hydroxylation is 1. The first-order valence-electron chi connectivity index (χ1n) is 6.87. The minimum absolute atomic E-state index is 0.0311. The monoisotopic (exact) mass is 370 g/mol. The van der Waals surface area contributed by atoms with Crippen molar-refractivity contribution in [2.45, 2.75) is 6.92 Å². The first-order valence-corrected chi connectivity index (χ1v) is 7.66. The average Bonchev–Trinajstić information content (AvgIpc) is 2.52. The van der Waals surface area contributed by atoms with E-state index in [1.807, 2.05) is 31.2 Å². The summed E-state index contributed by atoms with van der Waals surface area (Å²) in [4.78, 5) is 12.2. The van der Waals surface area contributed by atoms with E-state index in [0.29, 0.717) is 11.4 Å². The summed E-state index contributed by atoms with van der Waals surface area (Å²) in [6.07, 6.45) is 1.54. The molecule has 0 atom stereocenters. The lowest BCUT2D eigenvalue weighted by Crippen LogP contribution is -2.13. The number of halogens is 1. The van der Waals surface area contributed by atoms with Crippen LogP contribution in [-0.4, -0.2) is 13.0 Å². The molecule has 0 bridgehead atoms. The van der Waals surface area contributed by atoms with Crippen LogP contribution in [0.2, 0.25) is 0 Å². The van der Waals surface area contributed by atoms with Crippen LogP contribution in [0.15, 0.2) is 52.5 Å². The van der Waals surface area contributed by atoms with Crippen LogP contribution in [0.5, 0.6) is 5.75 Å². The number of nitrogens with zero attached hydrogens (tertiary/aromatic N) is 1. The molecule has 0 aliphatic heterocycles. The summed E-state index contributed by atoms with van der Waals surface area (Å²) in [5.74, 6) is 0.245. The number of nitriles is 1. The zero-order chi connectivity index (χ0) is 16.8. The Morgan fingerprint density at radius 3 is 2.70 bits per heavy atom. The molecule has 2 rings (SSSR count). The number of hydrogen-bond acceptors (Lipinski definition) is 3. The molecule has 0 aliphatic carbocycles. The van der Waals surface area contributed by atoms with Gasteiger partial charge in [-0.1, -0.05) is 18.2 Å². The highest BCUT2D eigenvalue weighted by Gasteiger charge is 2.10. The van der Waals surface area contributed by atoms with E-state index in [9.17, 15) is 10.1 Å². The molecule has 5 heteroatoms. The van der Waals surface area contributed by atoms with E-state index in [1.165, 1.54) is 6.08 Å². The molecular formula is C18H15BrN2O2. The predicted molar refractivity (Wildman–Crippen MR) is 94.1 cm³/mol. The molecule has 0 saturated heterocycles. The second-order valence-corrected chi connectivity index (χ2v) is 5.74. The van der Waals surface area contributed by atoms with Crippen LogP contribution in [0.3, 0.4) is 0 Å². The Bertz CT molecular complexity index is 807. The van der Waals surface area contributed by atoms with Gasteiger partial charge in [-0.05, 0) is 64.3 Å². The van der Waals surface area contributed by atoms with E-state index < -0.39 is 5.91 Å². The molecule has 23 heavy (non-hydrogen) atoms. The first-order chi connectivity index (χ1) is 11.0. The zero-order valence-electron chi connectivity index (χ0n) is 12.8. The molecule has 0 heterocycles. The number of hydrogen-bond donors (Lipinski definition) is 1. The van der Waals surface area contributed by atoms with Gasteiger partial charge in [-0.15, -0.1) is 0 Å². The van der Waals surface area contributed by atoms with E-state index in [1.54, 1.807) is 31.4 Å². The maximum Gasteiger partial charge on any atom is 0.266 e. The van der Waals surface area contributed by atoms with Gasteiger partial charge in [-0.25, -0.2) is 0 Å². The SMILES string of the molecule is COc1ccc(/C=C(\C#N)C(=O)Nc2cccc(C)c2)cc1Br. The van der Waals surface area contributed by atoms with Gasteiger partial charge in [-0.2, -0.15) is 5.26 Å². The molecule has 0 aromatic heterocycles. The number of rotatable bonds is 4. The molecule has 0 fully saturated rings. The van der Waals surface area contributed by atoms with Crippen LogP contribution in [-0.2, 0) is 4.79 Å². The van der Waals surface area contributed by atoms with Gasteiger partial charge in [0, 0.05) is 5.69 Å². The molecule has 0 radical (unpaired) electrons. The number of methoxy groups -OCH3 is 1. The van der Waals surface area contributed by atoms with Crippen molar-refractivity contribution < 1.29 is 9.53 Å². The fourth-order valence-corrected chi connectivity index (χ4v) is 2.57. The molecular weight excluding hydrogens is 356 g/mol. The van der Waals surface area contributed by atoms with E-state index in [-0.39, 0.29) is 5.57 Å². The first kappa shape index (κ1) is 16.8. The van der Waals surface area contributed by atoms with Crippen LogP contribution in [0.1, 0.15) is 11.1 Å². The fraction of sp³-hybridized carbons (Fsp3) is 0.111. The molecule has 0 aliphatic rings. The molecule has 1 amide bonds. The minimum Gasteiger partial charge on any atom is -0.496 e. The van der Waals surface area contributed by atoms with Crippen LogP contribution in [0.4, 0.5) is 5.69 Å². The van der Waals surface area contributed by atoms with Crippen molar-refractivity contribution >= 4 is 33.6 Å². The lowest BCUT2D eigenvalue weighted by molar-refractivity contribution is -0.112. The molecule has 1 N–H and O–H groups in total.